The molecule has 0 saturated carbocycles. The van der Waals surface area contributed by atoms with E-state index in [4.69, 9.17) is 4.55 Å². The first kappa shape index (κ1) is 18.0. The van der Waals surface area contributed by atoms with Crippen LogP contribution in [-0.2, 0) is 16.5 Å². The molecule has 0 aliphatic carbocycles. The van der Waals surface area contributed by atoms with E-state index in [2.05, 4.69) is 20.8 Å². The molecule has 2 heterocycles. The number of rotatable bonds is 2. The molecule has 0 spiro atoms. The lowest BCUT2D eigenvalue weighted by Crippen LogP contribution is -2.24. The van der Waals surface area contributed by atoms with Crippen LogP contribution in [0.5, 0.6) is 0 Å². The number of hydrogen-bond donors (Lipinski definition) is 4. The molecule has 24 heavy (non-hydrogen) atoms. The predicted octanol–water partition coefficient (Wildman–Crippen LogP) is 1.34. The van der Waals surface area contributed by atoms with Crippen molar-refractivity contribution in [3.8, 4) is 11.3 Å². The number of fused-ring (bicyclic) bond motifs is 1. The van der Waals surface area contributed by atoms with Crippen LogP contribution in [0.2, 0.25) is 0 Å². The highest BCUT2D eigenvalue weighted by Gasteiger charge is 2.18. The van der Waals surface area contributed by atoms with Gasteiger partial charge in [0.25, 0.3) is 15.7 Å². The Labute approximate surface area is 140 Å². The van der Waals surface area contributed by atoms with Crippen molar-refractivity contribution in [1.29, 1.82) is 0 Å². The summed E-state index contributed by atoms with van der Waals surface area (Å²) in [6.07, 6.45) is 2.51. The standard InChI is InChI=1S/C14H16N4O.CH4O3S/c1-15-10-6-4-9(5-7-10)12-13-11(3-2-8-16-13)14(19)18-17-12;1-5(2,3)4/h4-7,15-16H,2-3,8H2,1H3,(H,18,19);1H3,(H,2,3,4). The van der Waals surface area contributed by atoms with Crippen LogP contribution in [0.4, 0.5) is 11.4 Å². The minimum atomic E-state index is -3.67. The lowest BCUT2D eigenvalue weighted by Gasteiger charge is -2.19. The summed E-state index contributed by atoms with van der Waals surface area (Å²) in [5, 5.41) is 13.2. The van der Waals surface area contributed by atoms with Gasteiger partial charge in [0.05, 0.1) is 11.9 Å². The molecule has 0 radical (unpaired) electrons. The van der Waals surface area contributed by atoms with Crippen molar-refractivity contribution in [3.63, 3.8) is 0 Å². The zero-order valence-corrected chi connectivity index (χ0v) is 14.3. The van der Waals surface area contributed by atoms with Crippen LogP contribution in [0.1, 0.15) is 12.0 Å². The third kappa shape index (κ3) is 4.80. The van der Waals surface area contributed by atoms with Crippen molar-refractivity contribution >= 4 is 21.5 Å². The molecule has 9 heteroatoms. The Morgan fingerprint density at radius 1 is 1.25 bits per heavy atom. The fourth-order valence-corrected chi connectivity index (χ4v) is 2.40. The number of anilines is 2. The summed E-state index contributed by atoms with van der Waals surface area (Å²) in [5.41, 5.74) is 4.48. The molecule has 1 aliphatic rings. The van der Waals surface area contributed by atoms with Gasteiger partial charge in [0.2, 0.25) is 0 Å². The Hall–Kier alpha value is -2.39. The van der Waals surface area contributed by atoms with Crippen molar-refractivity contribution in [2.75, 3.05) is 30.5 Å². The lowest BCUT2D eigenvalue weighted by atomic mass is 10.0. The molecule has 0 unspecified atom stereocenters. The van der Waals surface area contributed by atoms with Crippen LogP contribution in [0.3, 0.4) is 0 Å². The molecule has 0 atom stereocenters. The van der Waals surface area contributed by atoms with Crippen molar-refractivity contribution in [1.82, 2.24) is 10.2 Å². The van der Waals surface area contributed by atoms with Gasteiger partial charge in [-0.05, 0) is 25.0 Å². The Kier molecular flexibility index (Phi) is 5.58. The van der Waals surface area contributed by atoms with E-state index in [1.807, 2.05) is 31.3 Å². The Bertz CT molecular complexity index is 852. The second kappa shape index (κ2) is 7.45. The van der Waals surface area contributed by atoms with Gasteiger partial charge in [0.1, 0.15) is 5.69 Å². The second-order valence-electron chi connectivity index (χ2n) is 5.35. The topological polar surface area (TPSA) is 124 Å². The van der Waals surface area contributed by atoms with E-state index in [9.17, 15) is 13.2 Å². The summed E-state index contributed by atoms with van der Waals surface area (Å²) in [6.45, 7) is 0.889. The number of aromatic amines is 1. The first-order valence-electron chi connectivity index (χ1n) is 7.35. The van der Waals surface area contributed by atoms with E-state index < -0.39 is 10.1 Å². The smallest absolute Gasteiger partial charge is 0.269 e. The first-order valence-corrected chi connectivity index (χ1v) is 9.20. The van der Waals surface area contributed by atoms with Gasteiger partial charge in [0, 0.05) is 30.4 Å². The molecule has 1 aromatic carbocycles. The average molecular weight is 352 g/mol. The Balaban J connectivity index is 0.000000368. The number of hydrogen-bond acceptors (Lipinski definition) is 6. The third-order valence-electron chi connectivity index (χ3n) is 3.43. The van der Waals surface area contributed by atoms with E-state index in [1.54, 1.807) is 0 Å². The summed E-state index contributed by atoms with van der Waals surface area (Å²) in [5.74, 6) is 0. The molecule has 3 rings (SSSR count). The number of nitrogens with one attached hydrogen (secondary N) is 3. The summed E-state index contributed by atoms with van der Waals surface area (Å²) in [4.78, 5) is 11.8. The maximum atomic E-state index is 11.8. The molecule has 4 N–H and O–H groups in total. The molecular formula is C15H20N4O4S. The lowest BCUT2D eigenvalue weighted by molar-refractivity contribution is 0.490. The van der Waals surface area contributed by atoms with Crippen LogP contribution >= 0.6 is 0 Å². The van der Waals surface area contributed by atoms with Crippen LogP contribution in [0.25, 0.3) is 11.3 Å². The van der Waals surface area contributed by atoms with Crippen LogP contribution in [0, 0.1) is 0 Å². The highest BCUT2D eigenvalue weighted by atomic mass is 32.2. The van der Waals surface area contributed by atoms with Gasteiger partial charge in [-0.1, -0.05) is 12.1 Å². The maximum Gasteiger partial charge on any atom is 0.269 e. The van der Waals surface area contributed by atoms with Crippen molar-refractivity contribution in [3.05, 3.63) is 40.2 Å². The monoisotopic (exact) mass is 352 g/mol. The van der Waals surface area contributed by atoms with Crippen LogP contribution < -0.4 is 16.2 Å². The molecular weight excluding hydrogens is 332 g/mol. The number of nitrogens with zero attached hydrogens (tertiary/aromatic N) is 1. The van der Waals surface area contributed by atoms with Crippen LogP contribution in [0.15, 0.2) is 29.1 Å². The molecule has 0 fully saturated rings. The summed E-state index contributed by atoms with van der Waals surface area (Å²) in [6, 6.07) is 8.00. The molecule has 0 amide bonds. The van der Waals surface area contributed by atoms with E-state index in [0.29, 0.717) is 6.26 Å². The van der Waals surface area contributed by atoms with Gasteiger partial charge in [0.15, 0.2) is 0 Å². The Morgan fingerprint density at radius 3 is 2.46 bits per heavy atom. The maximum absolute atomic E-state index is 11.8. The average Bonchev–Trinajstić information content (AvgIpc) is 2.54. The predicted molar refractivity (Wildman–Crippen MR) is 94.1 cm³/mol. The molecule has 1 aromatic heterocycles. The van der Waals surface area contributed by atoms with Crippen molar-refractivity contribution < 1.29 is 13.0 Å². The number of aromatic nitrogens is 2. The summed E-state index contributed by atoms with van der Waals surface area (Å²) >= 11 is 0. The minimum absolute atomic E-state index is 0.0854. The fourth-order valence-electron chi connectivity index (χ4n) is 2.40. The Morgan fingerprint density at radius 2 is 1.88 bits per heavy atom. The third-order valence-corrected chi connectivity index (χ3v) is 3.43. The molecule has 2 aromatic rings. The van der Waals surface area contributed by atoms with Crippen molar-refractivity contribution in [2.24, 2.45) is 0 Å². The summed E-state index contributed by atoms with van der Waals surface area (Å²) in [7, 11) is -1.78. The van der Waals surface area contributed by atoms with Gasteiger partial charge in [-0.15, -0.1) is 0 Å². The largest absolute Gasteiger partial charge is 0.388 e. The van der Waals surface area contributed by atoms with E-state index in [1.165, 1.54) is 0 Å². The van der Waals surface area contributed by atoms with E-state index in [-0.39, 0.29) is 5.56 Å². The SMILES string of the molecule is CNc1ccc(-c2n[nH]c(=O)c3c2NCCC3)cc1.CS(=O)(=O)O. The van der Waals surface area contributed by atoms with Gasteiger partial charge >= 0.3 is 0 Å². The molecule has 8 nitrogen and oxygen atoms in total. The minimum Gasteiger partial charge on any atom is -0.388 e. The zero-order chi connectivity index (χ0) is 17.7. The normalized spacial score (nSPS) is 13.1. The summed E-state index contributed by atoms with van der Waals surface area (Å²) < 4.78 is 25.9. The highest BCUT2D eigenvalue weighted by Crippen LogP contribution is 2.30. The second-order valence-corrected chi connectivity index (χ2v) is 6.81. The van der Waals surface area contributed by atoms with Crippen LogP contribution in [-0.4, -0.2) is 43.0 Å². The molecule has 130 valence electrons. The fraction of sp³-hybridized carbons (Fsp3) is 0.333. The molecule has 0 bridgehead atoms. The van der Waals surface area contributed by atoms with Gasteiger partial charge in [-0.3, -0.25) is 9.35 Å². The van der Waals surface area contributed by atoms with Crippen molar-refractivity contribution in [2.45, 2.75) is 12.8 Å². The quantitative estimate of drug-likeness (QED) is 0.601. The highest BCUT2D eigenvalue weighted by molar-refractivity contribution is 7.85. The molecule has 0 saturated heterocycles. The van der Waals surface area contributed by atoms with E-state index in [0.717, 1.165) is 47.6 Å². The number of H-pyrrole nitrogens is 1. The first-order chi connectivity index (χ1) is 11.3. The number of benzene rings is 1. The zero-order valence-electron chi connectivity index (χ0n) is 13.5. The van der Waals surface area contributed by atoms with Gasteiger partial charge in [-0.2, -0.15) is 13.5 Å². The van der Waals surface area contributed by atoms with Gasteiger partial charge in [-0.25, -0.2) is 5.10 Å². The van der Waals surface area contributed by atoms with Gasteiger partial charge < -0.3 is 10.6 Å². The molecule has 1 aliphatic heterocycles. The van der Waals surface area contributed by atoms with E-state index >= 15 is 0 Å².